The minimum Gasteiger partial charge on any atom is -0.478 e. The topological polar surface area (TPSA) is 68.7 Å². The number of aromatic nitrogens is 1. The Morgan fingerprint density at radius 3 is 2.61 bits per heavy atom. The van der Waals surface area contributed by atoms with Gasteiger partial charge in [0.25, 0.3) is 0 Å². The highest BCUT2D eigenvalue weighted by Crippen LogP contribution is 2.02. The van der Waals surface area contributed by atoms with Crippen molar-refractivity contribution in [2.24, 2.45) is 5.92 Å². The first-order chi connectivity index (χ1) is 8.59. The summed E-state index contributed by atoms with van der Waals surface area (Å²) in [6.07, 6.45) is 1.33. The van der Waals surface area contributed by atoms with E-state index in [1.54, 1.807) is 6.07 Å². The molecule has 0 saturated carbocycles. The summed E-state index contributed by atoms with van der Waals surface area (Å²) in [5, 5.41) is 8.71. The van der Waals surface area contributed by atoms with Crippen molar-refractivity contribution in [3.63, 3.8) is 0 Å². The Morgan fingerprint density at radius 2 is 2.06 bits per heavy atom. The molecule has 0 radical (unpaired) electrons. The Hall–Kier alpha value is -1.46. The molecule has 1 rings (SSSR count). The second-order valence-corrected chi connectivity index (χ2v) is 4.36. The minimum absolute atomic E-state index is 0.180. The number of carbonyl (C=O) groups is 1. The lowest BCUT2D eigenvalue weighted by Gasteiger charge is -2.07. The van der Waals surface area contributed by atoms with Gasteiger partial charge in [-0.05, 0) is 18.1 Å². The minimum atomic E-state index is -0.975. The number of rotatable bonds is 8. The van der Waals surface area contributed by atoms with Gasteiger partial charge in [-0.3, -0.25) is 4.98 Å². The summed E-state index contributed by atoms with van der Waals surface area (Å²) in [5.74, 6) is -0.452. The average Bonchev–Trinajstić information content (AvgIpc) is 2.34. The van der Waals surface area contributed by atoms with E-state index < -0.39 is 5.97 Å². The maximum atomic E-state index is 10.6. The van der Waals surface area contributed by atoms with Crippen molar-refractivity contribution < 1.29 is 19.4 Å². The van der Waals surface area contributed by atoms with Crippen LogP contribution in [0, 0.1) is 5.92 Å². The Labute approximate surface area is 107 Å². The molecular weight excluding hydrogens is 234 g/mol. The van der Waals surface area contributed by atoms with Gasteiger partial charge in [0.2, 0.25) is 0 Å². The lowest BCUT2D eigenvalue weighted by Crippen LogP contribution is -2.09. The molecular formula is C13H19NO4. The largest absolute Gasteiger partial charge is 0.478 e. The first kappa shape index (κ1) is 14.6. The lowest BCUT2D eigenvalue weighted by molar-refractivity contribution is 0.0305. The van der Waals surface area contributed by atoms with Gasteiger partial charge in [0, 0.05) is 12.8 Å². The van der Waals surface area contributed by atoms with Crippen LogP contribution in [0.25, 0.3) is 0 Å². The van der Waals surface area contributed by atoms with Gasteiger partial charge in [-0.15, -0.1) is 0 Å². The number of pyridine rings is 1. The van der Waals surface area contributed by atoms with Crippen LogP contribution in [-0.4, -0.2) is 35.9 Å². The summed E-state index contributed by atoms with van der Waals surface area (Å²) >= 11 is 0. The van der Waals surface area contributed by atoms with Crippen LogP contribution >= 0.6 is 0 Å². The van der Waals surface area contributed by atoms with E-state index in [-0.39, 0.29) is 5.56 Å². The first-order valence-electron chi connectivity index (χ1n) is 5.93. The van der Waals surface area contributed by atoms with Crippen molar-refractivity contribution in [2.75, 3.05) is 19.8 Å². The fourth-order valence-electron chi connectivity index (χ4n) is 1.25. The quantitative estimate of drug-likeness (QED) is 0.717. The van der Waals surface area contributed by atoms with Gasteiger partial charge in [0.15, 0.2) is 0 Å². The lowest BCUT2D eigenvalue weighted by atomic mass is 10.2. The predicted molar refractivity (Wildman–Crippen MR) is 66.5 cm³/mol. The second-order valence-electron chi connectivity index (χ2n) is 4.36. The smallest absolute Gasteiger partial charge is 0.337 e. The number of carboxylic acid groups (broad SMARTS) is 1. The third-order valence-electron chi connectivity index (χ3n) is 2.14. The van der Waals surface area contributed by atoms with Crippen molar-refractivity contribution in [1.29, 1.82) is 0 Å². The molecule has 5 nitrogen and oxygen atoms in total. The molecule has 0 aliphatic heterocycles. The summed E-state index contributed by atoms with van der Waals surface area (Å²) < 4.78 is 10.7. The number of hydrogen-bond acceptors (Lipinski definition) is 4. The van der Waals surface area contributed by atoms with Crippen LogP contribution in [0.3, 0.4) is 0 Å². The Morgan fingerprint density at radius 1 is 1.33 bits per heavy atom. The standard InChI is InChI=1S/C13H19NO4/c1-10(2)8-17-5-6-18-9-12-4-3-11(7-14-12)13(15)16/h3-4,7,10H,5-6,8-9H2,1-2H3,(H,15,16). The number of carboxylic acids is 1. The van der Waals surface area contributed by atoms with Gasteiger partial charge in [-0.2, -0.15) is 0 Å². The fourth-order valence-corrected chi connectivity index (χ4v) is 1.25. The van der Waals surface area contributed by atoms with Crippen LogP contribution in [0.5, 0.6) is 0 Å². The molecule has 0 aliphatic rings. The molecule has 0 unspecified atom stereocenters. The van der Waals surface area contributed by atoms with Crippen LogP contribution in [0.15, 0.2) is 18.3 Å². The van der Waals surface area contributed by atoms with Crippen LogP contribution in [0.4, 0.5) is 0 Å². The highest BCUT2D eigenvalue weighted by Gasteiger charge is 2.02. The zero-order chi connectivity index (χ0) is 13.4. The maximum absolute atomic E-state index is 10.6. The monoisotopic (exact) mass is 253 g/mol. The Balaban J connectivity index is 2.17. The Bertz CT molecular complexity index is 362. The molecule has 0 amide bonds. The van der Waals surface area contributed by atoms with Gasteiger partial charge in [0.05, 0.1) is 31.1 Å². The molecule has 100 valence electrons. The fraction of sp³-hybridized carbons (Fsp3) is 0.538. The average molecular weight is 253 g/mol. The Kier molecular flexibility index (Phi) is 6.32. The highest BCUT2D eigenvalue weighted by molar-refractivity contribution is 5.87. The van der Waals surface area contributed by atoms with E-state index in [0.29, 0.717) is 31.4 Å². The van der Waals surface area contributed by atoms with E-state index in [2.05, 4.69) is 18.8 Å². The van der Waals surface area contributed by atoms with E-state index in [1.165, 1.54) is 12.3 Å². The summed E-state index contributed by atoms with van der Waals surface area (Å²) in [6, 6.07) is 3.17. The van der Waals surface area contributed by atoms with Gasteiger partial charge in [0.1, 0.15) is 0 Å². The molecule has 1 heterocycles. The molecule has 0 fully saturated rings. The first-order valence-corrected chi connectivity index (χ1v) is 5.93. The number of hydrogen-bond donors (Lipinski definition) is 1. The SMILES string of the molecule is CC(C)COCCOCc1ccc(C(=O)O)cn1. The van der Waals surface area contributed by atoms with Crippen LogP contribution in [0.1, 0.15) is 29.9 Å². The van der Waals surface area contributed by atoms with E-state index in [4.69, 9.17) is 14.6 Å². The van der Waals surface area contributed by atoms with E-state index in [9.17, 15) is 4.79 Å². The van der Waals surface area contributed by atoms with Crippen molar-refractivity contribution in [1.82, 2.24) is 4.98 Å². The molecule has 1 aromatic rings. The van der Waals surface area contributed by atoms with Crippen molar-refractivity contribution in [2.45, 2.75) is 20.5 Å². The summed E-state index contributed by atoms with van der Waals surface area (Å²) in [7, 11) is 0. The number of nitrogens with zero attached hydrogens (tertiary/aromatic N) is 1. The normalized spacial score (nSPS) is 10.8. The zero-order valence-corrected chi connectivity index (χ0v) is 10.8. The highest BCUT2D eigenvalue weighted by atomic mass is 16.5. The summed E-state index contributed by atoms with van der Waals surface area (Å²) in [5.41, 5.74) is 0.892. The van der Waals surface area contributed by atoms with Gasteiger partial charge in [-0.1, -0.05) is 13.8 Å². The van der Waals surface area contributed by atoms with E-state index >= 15 is 0 Å². The maximum Gasteiger partial charge on any atom is 0.337 e. The molecule has 5 heteroatoms. The van der Waals surface area contributed by atoms with Gasteiger partial charge < -0.3 is 14.6 Å². The van der Waals surface area contributed by atoms with Crippen molar-refractivity contribution >= 4 is 5.97 Å². The number of aromatic carboxylic acids is 1. The summed E-state index contributed by atoms with van der Waals surface area (Å²) in [6.45, 7) is 6.35. The molecule has 1 N–H and O–H groups in total. The van der Waals surface area contributed by atoms with Crippen molar-refractivity contribution in [3.05, 3.63) is 29.6 Å². The van der Waals surface area contributed by atoms with E-state index in [0.717, 1.165) is 6.61 Å². The molecule has 0 aromatic carbocycles. The summed E-state index contributed by atoms with van der Waals surface area (Å²) in [4.78, 5) is 14.6. The third-order valence-corrected chi connectivity index (χ3v) is 2.14. The molecule has 0 saturated heterocycles. The zero-order valence-electron chi connectivity index (χ0n) is 10.8. The van der Waals surface area contributed by atoms with E-state index in [1.807, 2.05) is 0 Å². The van der Waals surface area contributed by atoms with Crippen molar-refractivity contribution in [3.8, 4) is 0 Å². The van der Waals surface area contributed by atoms with Gasteiger partial charge in [-0.25, -0.2) is 4.79 Å². The number of ether oxygens (including phenoxy) is 2. The molecule has 0 spiro atoms. The molecule has 1 aromatic heterocycles. The van der Waals surface area contributed by atoms with Crippen LogP contribution in [0.2, 0.25) is 0 Å². The molecule has 0 atom stereocenters. The van der Waals surface area contributed by atoms with Gasteiger partial charge >= 0.3 is 5.97 Å². The predicted octanol–water partition coefficient (Wildman–Crippen LogP) is 1.97. The third kappa shape index (κ3) is 5.75. The van der Waals surface area contributed by atoms with Crippen LogP contribution < -0.4 is 0 Å². The molecule has 0 bridgehead atoms. The molecule has 0 aliphatic carbocycles. The second kappa shape index (κ2) is 7.79. The molecule has 18 heavy (non-hydrogen) atoms. The van der Waals surface area contributed by atoms with Crippen LogP contribution in [-0.2, 0) is 16.1 Å².